The highest BCUT2D eigenvalue weighted by Gasteiger charge is 2.39. The number of amides is 4. The number of nitrogens with one attached hydrogen (secondary N) is 4. The van der Waals surface area contributed by atoms with Gasteiger partial charge in [-0.15, -0.1) is 0 Å². The van der Waals surface area contributed by atoms with Crippen molar-refractivity contribution in [1.82, 2.24) is 25.6 Å². The summed E-state index contributed by atoms with van der Waals surface area (Å²) in [5, 5.41) is 7.87. The molecule has 1 aromatic rings. The monoisotopic (exact) mass is 744 g/mol. The largest absolute Gasteiger partial charge is 0.466 e. The van der Waals surface area contributed by atoms with Gasteiger partial charge >= 0.3 is 12.0 Å². The van der Waals surface area contributed by atoms with Gasteiger partial charge in [-0.25, -0.2) is 9.52 Å². The first-order chi connectivity index (χ1) is 23.9. The number of nitrogens with two attached hydrogens (primary N) is 1. The molecule has 1 aliphatic rings. The summed E-state index contributed by atoms with van der Waals surface area (Å²) < 4.78 is 12.4. The standard InChI is InChI=1S/C19H27N3O6.C7H15N3O2S.2C4H10.C2H6/c1-19(2,3)16(17(25)22-8-4-6-13(22)11-23)21-18(26)20-10-15(24)28-12-14-7-5-9-27-14;1-3-4(2)9-7(10-13)5(11)6(8)12;1-4(2)3;1-3-4-2;1-2/h5,7,9,11,13,16H,4,6,8,10,12H2,1-3H3,(H2,20,21,26);4,7,9-10,13H,3H2,1-2H3,(H2,8,12);4H,1-3H3;3-4H2,1-2H3;1-2H3. The molecule has 1 saturated heterocycles. The van der Waals surface area contributed by atoms with Crippen LogP contribution in [-0.2, 0) is 35.3 Å². The summed E-state index contributed by atoms with van der Waals surface area (Å²) in [6.45, 7) is 24.3. The Labute approximate surface area is 312 Å². The molecule has 0 saturated carbocycles. The number of thiol groups is 1. The molecular weight excluding hydrogens is 676 g/mol. The number of ether oxygens (including phenoxy) is 1. The van der Waals surface area contributed by atoms with E-state index in [4.69, 9.17) is 14.9 Å². The highest BCUT2D eigenvalue weighted by molar-refractivity contribution is 7.78. The van der Waals surface area contributed by atoms with E-state index in [0.717, 1.165) is 25.0 Å². The number of nitrogens with zero attached hydrogens (tertiary/aromatic N) is 1. The van der Waals surface area contributed by atoms with E-state index in [9.17, 15) is 28.8 Å². The zero-order chi connectivity index (χ0) is 40.2. The maximum Gasteiger partial charge on any atom is 0.325 e. The Kier molecular flexibility index (Phi) is 30.8. The number of carbonyl (C=O) groups excluding carboxylic acids is 6. The van der Waals surface area contributed by atoms with Crippen LogP contribution in [0, 0.1) is 11.3 Å². The predicted octanol–water partition coefficient (Wildman–Crippen LogP) is 4.91. The van der Waals surface area contributed by atoms with Gasteiger partial charge in [0, 0.05) is 12.6 Å². The molecule has 6 N–H and O–H groups in total. The van der Waals surface area contributed by atoms with Crippen LogP contribution in [0.5, 0.6) is 0 Å². The topological polar surface area (TPSA) is 202 Å². The molecule has 4 unspecified atom stereocenters. The van der Waals surface area contributed by atoms with Crippen molar-refractivity contribution in [2.45, 2.75) is 146 Å². The number of rotatable bonds is 14. The summed E-state index contributed by atoms with van der Waals surface area (Å²) in [6.07, 6.45) is 6.28. The first-order valence-corrected chi connectivity index (χ1v) is 18.3. The van der Waals surface area contributed by atoms with Crippen molar-refractivity contribution in [3.05, 3.63) is 24.2 Å². The van der Waals surface area contributed by atoms with E-state index in [-0.39, 0.29) is 25.1 Å². The minimum absolute atomic E-state index is 0.0275. The van der Waals surface area contributed by atoms with Crippen molar-refractivity contribution in [3.63, 3.8) is 0 Å². The van der Waals surface area contributed by atoms with Crippen molar-refractivity contribution in [2.75, 3.05) is 13.1 Å². The molecule has 0 radical (unpaired) electrons. The Hall–Kier alpha value is -3.43. The zero-order valence-electron chi connectivity index (χ0n) is 33.1. The van der Waals surface area contributed by atoms with E-state index < -0.39 is 47.4 Å². The summed E-state index contributed by atoms with van der Waals surface area (Å²) in [6, 6.07) is 1.50. The molecule has 14 nitrogen and oxygen atoms in total. The molecule has 51 heavy (non-hydrogen) atoms. The fourth-order valence-electron chi connectivity index (χ4n) is 3.67. The van der Waals surface area contributed by atoms with Crippen LogP contribution < -0.4 is 26.4 Å². The number of likely N-dealkylation sites (tertiary alicyclic amines) is 1. The van der Waals surface area contributed by atoms with Crippen LogP contribution in [-0.4, -0.2) is 78.2 Å². The maximum absolute atomic E-state index is 12.9. The number of ketones is 1. The molecule has 0 aromatic carbocycles. The van der Waals surface area contributed by atoms with Crippen molar-refractivity contribution in [1.29, 1.82) is 0 Å². The van der Waals surface area contributed by atoms with Gasteiger partial charge in [-0.2, -0.15) is 0 Å². The first kappa shape index (κ1) is 51.9. The van der Waals surface area contributed by atoms with Gasteiger partial charge in [-0.05, 0) is 49.7 Å². The highest BCUT2D eigenvalue weighted by Crippen LogP contribution is 2.25. The van der Waals surface area contributed by atoms with Crippen LogP contribution in [0.25, 0.3) is 0 Å². The summed E-state index contributed by atoms with van der Waals surface area (Å²) in [5.41, 5.74) is 4.25. The number of furan rings is 1. The molecule has 1 fully saturated rings. The lowest BCUT2D eigenvalue weighted by molar-refractivity contribution is -0.144. The van der Waals surface area contributed by atoms with Crippen molar-refractivity contribution in [3.8, 4) is 0 Å². The minimum Gasteiger partial charge on any atom is -0.466 e. The summed E-state index contributed by atoms with van der Waals surface area (Å²) in [4.78, 5) is 71.1. The number of hydrogen-bond donors (Lipinski definition) is 6. The van der Waals surface area contributed by atoms with Crippen molar-refractivity contribution < 1.29 is 37.9 Å². The third-order valence-corrected chi connectivity index (χ3v) is 6.93. The molecule has 4 amide bonds. The molecule has 296 valence electrons. The Bertz CT molecular complexity index is 1110. The van der Waals surface area contributed by atoms with Crippen LogP contribution in [0.4, 0.5) is 4.79 Å². The lowest BCUT2D eigenvalue weighted by atomic mass is 9.85. The molecule has 1 aromatic heterocycles. The summed E-state index contributed by atoms with van der Waals surface area (Å²) in [7, 11) is 0. The molecule has 4 atom stereocenters. The van der Waals surface area contributed by atoms with Crippen LogP contribution in [0.15, 0.2) is 22.8 Å². The lowest BCUT2D eigenvalue weighted by Gasteiger charge is -2.34. The van der Waals surface area contributed by atoms with Gasteiger partial charge in [0.15, 0.2) is 0 Å². The average molecular weight is 745 g/mol. The Morgan fingerprint density at radius 3 is 2.06 bits per heavy atom. The lowest BCUT2D eigenvalue weighted by Crippen LogP contribution is -2.58. The number of urea groups is 1. The number of hydrogen-bond acceptors (Lipinski definition) is 11. The maximum atomic E-state index is 12.9. The van der Waals surface area contributed by atoms with Crippen LogP contribution in [0.3, 0.4) is 0 Å². The minimum atomic E-state index is -0.970. The normalized spacial score (nSPS) is 14.9. The summed E-state index contributed by atoms with van der Waals surface area (Å²) in [5.74, 6) is -1.30. The van der Waals surface area contributed by atoms with E-state index in [2.05, 4.69) is 68.1 Å². The average Bonchev–Trinajstić information content (AvgIpc) is 3.80. The number of esters is 1. The van der Waals surface area contributed by atoms with Gasteiger partial charge in [-0.3, -0.25) is 24.5 Å². The number of carbonyl (C=O) groups is 6. The Balaban J connectivity index is -0.000000828. The SMILES string of the molecule is CC.CC(C)(C)C(NC(=O)NCC(=O)OCc1ccco1)C(=O)N1CCCC1C=O.CC(C)C.CCC(C)NC(NS)C(=O)C(N)=O.CCCC. The Morgan fingerprint density at radius 2 is 1.65 bits per heavy atom. The van der Waals surface area contributed by atoms with Crippen molar-refractivity contribution >= 4 is 48.7 Å². The van der Waals surface area contributed by atoms with Gasteiger partial charge in [0.05, 0.1) is 12.3 Å². The molecule has 0 aliphatic carbocycles. The molecule has 15 heteroatoms. The number of Topliss-reactive ketones (excluding diaryl/α,β-unsaturated/α-hetero) is 1. The number of primary amides is 1. The van der Waals surface area contributed by atoms with Crippen LogP contribution in [0.1, 0.15) is 121 Å². The van der Waals surface area contributed by atoms with Gasteiger partial charge in [0.25, 0.3) is 11.7 Å². The van der Waals surface area contributed by atoms with Crippen molar-refractivity contribution in [2.24, 2.45) is 17.1 Å². The van der Waals surface area contributed by atoms with Gasteiger partial charge in [0.1, 0.15) is 37.4 Å². The smallest absolute Gasteiger partial charge is 0.325 e. The van der Waals surface area contributed by atoms with E-state index >= 15 is 0 Å². The quantitative estimate of drug-likeness (QED) is 0.0500. The zero-order valence-corrected chi connectivity index (χ0v) is 34.0. The van der Waals surface area contributed by atoms with Gasteiger partial charge in [0.2, 0.25) is 5.91 Å². The van der Waals surface area contributed by atoms with E-state index in [1.807, 2.05) is 48.5 Å². The highest BCUT2D eigenvalue weighted by atomic mass is 32.1. The molecule has 2 rings (SSSR count). The molecule has 1 aliphatic heterocycles. The summed E-state index contributed by atoms with van der Waals surface area (Å²) >= 11 is 3.72. The third-order valence-electron chi connectivity index (χ3n) is 6.67. The fourth-order valence-corrected chi connectivity index (χ4v) is 3.86. The predicted molar refractivity (Wildman–Crippen MR) is 205 cm³/mol. The van der Waals surface area contributed by atoms with E-state index in [1.54, 1.807) is 12.1 Å². The van der Waals surface area contributed by atoms with E-state index in [1.165, 1.54) is 24.0 Å². The first-order valence-electron chi connectivity index (χ1n) is 17.9. The molecule has 0 bridgehead atoms. The fraction of sp³-hybridized carbons (Fsp3) is 0.722. The van der Waals surface area contributed by atoms with Crippen LogP contribution in [0.2, 0.25) is 0 Å². The Morgan fingerprint density at radius 1 is 1.08 bits per heavy atom. The number of unbranched alkanes of at least 4 members (excludes halogenated alkanes) is 1. The van der Waals surface area contributed by atoms with Gasteiger partial charge < -0.3 is 35.2 Å². The second kappa shape index (κ2) is 30.2. The molecule has 0 spiro atoms. The van der Waals surface area contributed by atoms with E-state index in [0.29, 0.717) is 18.7 Å². The second-order valence-corrected chi connectivity index (χ2v) is 13.5. The van der Waals surface area contributed by atoms with Crippen LogP contribution >= 0.6 is 12.8 Å². The second-order valence-electron chi connectivity index (χ2n) is 13.2. The molecular formula is C36H68N6O8S. The number of aldehydes is 1. The third kappa shape index (κ3) is 25.2. The van der Waals surface area contributed by atoms with Gasteiger partial charge in [-0.1, -0.05) is 102 Å². The molecule has 2 heterocycles.